The highest BCUT2D eigenvalue weighted by Gasteiger charge is 2.18. The molecule has 0 aliphatic carbocycles. The Morgan fingerprint density at radius 3 is 2.89 bits per heavy atom. The van der Waals surface area contributed by atoms with Gasteiger partial charge in [-0.3, -0.25) is 9.69 Å². The molecule has 1 unspecified atom stereocenters. The molecule has 1 N–H and O–H groups in total. The third-order valence-corrected chi connectivity index (χ3v) is 1.74. The number of rotatable bonds is 0. The first-order valence-corrected chi connectivity index (χ1v) is 3.17. The van der Waals surface area contributed by atoms with Crippen molar-refractivity contribution in [3.05, 3.63) is 0 Å². The van der Waals surface area contributed by atoms with Gasteiger partial charge < -0.3 is 5.32 Å². The van der Waals surface area contributed by atoms with E-state index in [4.69, 9.17) is 0 Å². The molecule has 1 rings (SSSR count). The van der Waals surface area contributed by atoms with Gasteiger partial charge >= 0.3 is 0 Å². The number of carbonyl (C=O) groups excluding carboxylic acids is 1. The molecule has 1 fully saturated rings. The molecule has 0 radical (unpaired) electrons. The van der Waals surface area contributed by atoms with Crippen LogP contribution in [0.3, 0.4) is 0 Å². The molecule has 52 valence electrons. The molecule has 1 atom stereocenters. The first-order chi connectivity index (χ1) is 4.20. The quantitative estimate of drug-likeness (QED) is 0.474. The standard InChI is InChI=1S/C6H12N2O/c1-5-3-7-6(9)4-8(5)2/h5H,3-4H2,1-2H3,(H,7,9). The largest absolute Gasteiger partial charge is 0.353 e. The van der Waals surface area contributed by atoms with Gasteiger partial charge in [-0.1, -0.05) is 0 Å². The number of hydrogen-bond acceptors (Lipinski definition) is 2. The number of amides is 1. The number of nitrogens with one attached hydrogen (secondary N) is 1. The van der Waals surface area contributed by atoms with Gasteiger partial charge in [0.15, 0.2) is 0 Å². The van der Waals surface area contributed by atoms with Gasteiger partial charge in [-0.05, 0) is 14.0 Å². The van der Waals surface area contributed by atoms with Gasteiger partial charge in [0, 0.05) is 12.6 Å². The van der Waals surface area contributed by atoms with Gasteiger partial charge in [0.05, 0.1) is 6.54 Å². The molecule has 0 saturated carbocycles. The van der Waals surface area contributed by atoms with Gasteiger partial charge in [-0.2, -0.15) is 0 Å². The molecule has 0 spiro atoms. The summed E-state index contributed by atoms with van der Waals surface area (Å²) in [6.45, 7) is 3.43. The Labute approximate surface area is 55.0 Å². The Hall–Kier alpha value is -0.570. The zero-order valence-corrected chi connectivity index (χ0v) is 5.85. The molecule has 3 heteroatoms. The molecule has 0 aromatic rings. The second kappa shape index (κ2) is 2.35. The fourth-order valence-corrected chi connectivity index (χ4v) is 0.856. The first kappa shape index (κ1) is 6.55. The Balaban J connectivity index is 2.44. The van der Waals surface area contributed by atoms with Gasteiger partial charge in [-0.25, -0.2) is 0 Å². The molecule has 0 aromatic heterocycles. The molecule has 0 aromatic carbocycles. The zero-order valence-electron chi connectivity index (χ0n) is 5.85. The highest BCUT2D eigenvalue weighted by molar-refractivity contribution is 5.78. The summed E-state index contributed by atoms with van der Waals surface area (Å²) in [6, 6.07) is 0.489. The van der Waals surface area contributed by atoms with E-state index in [2.05, 4.69) is 12.2 Å². The van der Waals surface area contributed by atoms with Crippen LogP contribution in [0.1, 0.15) is 6.92 Å². The van der Waals surface area contributed by atoms with Crippen LogP contribution in [-0.2, 0) is 4.79 Å². The van der Waals surface area contributed by atoms with Crippen LogP contribution in [0, 0.1) is 0 Å². The maximum Gasteiger partial charge on any atom is 0.234 e. The molecule has 3 nitrogen and oxygen atoms in total. The van der Waals surface area contributed by atoms with Crippen LogP contribution in [0.2, 0.25) is 0 Å². The second-order valence-corrected chi connectivity index (χ2v) is 2.57. The van der Waals surface area contributed by atoms with Crippen molar-refractivity contribution in [2.45, 2.75) is 13.0 Å². The van der Waals surface area contributed by atoms with E-state index in [1.165, 1.54) is 0 Å². The van der Waals surface area contributed by atoms with E-state index in [9.17, 15) is 4.79 Å². The minimum atomic E-state index is 0.135. The Morgan fingerprint density at radius 2 is 2.44 bits per heavy atom. The molecule has 1 saturated heterocycles. The Bertz CT molecular complexity index is 124. The Kier molecular flexibility index (Phi) is 1.71. The summed E-state index contributed by atoms with van der Waals surface area (Å²) in [4.78, 5) is 12.7. The predicted molar refractivity (Wildman–Crippen MR) is 35.1 cm³/mol. The third kappa shape index (κ3) is 1.42. The van der Waals surface area contributed by atoms with E-state index >= 15 is 0 Å². The fourth-order valence-electron chi connectivity index (χ4n) is 0.856. The lowest BCUT2D eigenvalue weighted by molar-refractivity contribution is -0.124. The molecular formula is C6H12N2O. The van der Waals surface area contributed by atoms with Crippen LogP contribution in [0.5, 0.6) is 0 Å². The van der Waals surface area contributed by atoms with Crippen molar-refractivity contribution < 1.29 is 4.79 Å². The van der Waals surface area contributed by atoms with Crippen molar-refractivity contribution in [3.8, 4) is 0 Å². The smallest absolute Gasteiger partial charge is 0.234 e. The molecular weight excluding hydrogens is 116 g/mol. The first-order valence-electron chi connectivity index (χ1n) is 3.17. The third-order valence-electron chi connectivity index (χ3n) is 1.74. The summed E-state index contributed by atoms with van der Waals surface area (Å²) in [5.74, 6) is 0.135. The second-order valence-electron chi connectivity index (χ2n) is 2.57. The fraction of sp³-hybridized carbons (Fsp3) is 0.833. The highest BCUT2D eigenvalue weighted by atomic mass is 16.2. The number of nitrogens with zero attached hydrogens (tertiary/aromatic N) is 1. The number of likely N-dealkylation sites (N-methyl/N-ethyl adjacent to an activating group) is 1. The number of carbonyl (C=O) groups is 1. The van der Waals surface area contributed by atoms with Crippen LogP contribution < -0.4 is 5.32 Å². The van der Waals surface area contributed by atoms with E-state index in [0.29, 0.717) is 12.6 Å². The monoisotopic (exact) mass is 128 g/mol. The van der Waals surface area contributed by atoms with E-state index in [1.807, 2.05) is 11.9 Å². The van der Waals surface area contributed by atoms with Crippen LogP contribution in [0.4, 0.5) is 0 Å². The van der Waals surface area contributed by atoms with Gasteiger partial charge in [0.25, 0.3) is 0 Å². The Morgan fingerprint density at radius 1 is 1.78 bits per heavy atom. The summed E-state index contributed by atoms with van der Waals surface area (Å²) in [5.41, 5.74) is 0. The highest BCUT2D eigenvalue weighted by Crippen LogP contribution is 1.97. The SMILES string of the molecule is CC1CNC(=O)CN1C. The summed E-state index contributed by atoms with van der Waals surface area (Å²) in [5, 5.41) is 2.78. The number of hydrogen-bond donors (Lipinski definition) is 1. The van der Waals surface area contributed by atoms with Crippen LogP contribution in [0.15, 0.2) is 0 Å². The van der Waals surface area contributed by atoms with Crippen molar-refractivity contribution in [3.63, 3.8) is 0 Å². The molecule has 1 aliphatic rings. The average molecular weight is 128 g/mol. The summed E-state index contributed by atoms with van der Waals surface area (Å²) in [7, 11) is 1.96. The van der Waals surface area contributed by atoms with E-state index in [0.717, 1.165) is 6.54 Å². The normalized spacial score (nSPS) is 30.0. The summed E-state index contributed by atoms with van der Waals surface area (Å²) >= 11 is 0. The summed E-state index contributed by atoms with van der Waals surface area (Å²) < 4.78 is 0. The van der Waals surface area contributed by atoms with E-state index in [-0.39, 0.29) is 5.91 Å². The van der Waals surface area contributed by atoms with E-state index in [1.54, 1.807) is 0 Å². The van der Waals surface area contributed by atoms with Crippen LogP contribution in [-0.4, -0.2) is 37.0 Å². The predicted octanol–water partition coefficient (Wildman–Crippen LogP) is -0.563. The van der Waals surface area contributed by atoms with Crippen molar-refractivity contribution in [1.29, 1.82) is 0 Å². The molecule has 9 heavy (non-hydrogen) atoms. The number of piperazine rings is 1. The maximum absolute atomic E-state index is 10.7. The lowest BCUT2D eigenvalue weighted by Crippen LogP contribution is -2.51. The lowest BCUT2D eigenvalue weighted by atomic mass is 10.2. The maximum atomic E-state index is 10.7. The van der Waals surface area contributed by atoms with Gasteiger partial charge in [-0.15, -0.1) is 0 Å². The van der Waals surface area contributed by atoms with Crippen LogP contribution in [0.25, 0.3) is 0 Å². The molecule has 0 bridgehead atoms. The molecule has 1 aliphatic heterocycles. The molecule has 1 heterocycles. The topological polar surface area (TPSA) is 32.3 Å². The van der Waals surface area contributed by atoms with Crippen molar-refractivity contribution in [2.75, 3.05) is 20.1 Å². The van der Waals surface area contributed by atoms with E-state index < -0.39 is 0 Å². The average Bonchev–Trinajstić information content (AvgIpc) is 1.80. The van der Waals surface area contributed by atoms with Crippen molar-refractivity contribution >= 4 is 5.91 Å². The minimum absolute atomic E-state index is 0.135. The van der Waals surface area contributed by atoms with Gasteiger partial charge in [0.1, 0.15) is 0 Å². The van der Waals surface area contributed by atoms with Crippen molar-refractivity contribution in [2.24, 2.45) is 0 Å². The molecule has 1 amide bonds. The van der Waals surface area contributed by atoms with Gasteiger partial charge in [0.2, 0.25) is 5.91 Å². The van der Waals surface area contributed by atoms with Crippen LogP contribution >= 0.6 is 0 Å². The van der Waals surface area contributed by atoms with Crippen molar-refractivity contribution in [1.82, 2.24) is 10.2 Å². The summed E-state index contributed by atoms with van der Waals surface area (Å²) in [6.07, 6.45) is 0. The zero-order chi connectivity index (χ0) is 6.85. The minimum Gasteiger partial charge on any atom is -0.353 e. The lowest BCUT2D eigenvalue weighted by Gasteiger charge is -2.29.